The summed E-state index contributed by atoms with van der Waals surface area (Å²) in [7, 11) is -5.73. The van der Waals surface area contributed by atoms with Crippen LogP contribution in [-0.4, -0.2) is 34.7 Å². The Labute approximate surface area is 149 Å². The molecule has 0 saturated carbocycles. The van der Waals surface area contributed by atoms with E-state index in [1.54, 1.807) is 18.2 Å². The SMILES string of the molecule is CCCCN(C)S(=O)(=O)c1ccc(NS(=O)(=O)c2ccccc2)cc1. The first kappa shape index (κ1) is 19.4. The molecule has 0 aliphatic heterocycles. The van der Waals surface area contributed by atoms with Crippen molar-refractivity contribution in [1.29, 1.82) is 0 Å². The number of unbranched alkanes of at least 4 members (excludes halogenated alkanes) is 1. The van der Waals surface area contributed by atoms with Gasteiger partial charge >= 0.3 is 0 Å². The smallest absolute Gasteiger partial charge is 0.261 e. The number of rotatable bonds is 8. The van der Waals surface area contributed by atoms with E-state index in [1.165, 1.54) is 47.8 Å². The Balaban J connectivity index is 2.17. The lowest BCUT2D eigenvalue weighted by Crippen LogP contribution is -2.27. The highest BCUT2D eigenvalue weighted by Gasteiger charge is 2.20. The van der Waals surface area contributed by atoms with Crippen molar-refractivity contribution in [1.82, 2.24) is 4.31 Å². The van der Waals surface area contributed by atoms with Crippen molar-refractivity contribution in [2.24, 2.45) is 0 Å². The average molecular weight is 383 g/mol. The van der Waals surface area contributed by atoms with Crippen LogP contribution in [0, 0.1) is 0 Å². The van der Waals surface area contributed by atoms with E-state index in [-0.39, 0.29) is 9.79 Å². The molecular weight excluding hydrogens is 360 g/mol. The largest absolute Gasteiger partial charge is 0.280 e. The molecule has 0 radical (unpaired) electrons. The van der Waals surface area contributed by atoms with Crippen LogP contribution in [0.15, 0.2) is 64.4 Å². The van der Waals surface area contributed by atoms with E-state index < -0.39 is 20.0 Å². The number of nitrogens with zero attached hydrogens (tertiary/aromatic N) is 1. The molecule has 8 heteroatoms. The Morgan fingerprint density at radius 3 is 2.04 bits per heavy atom. The van der Waals surface area contributed by atoms with E-state index in [1.807, 2.05) is 6.92 Å². The standard InChI is InChI=1S/C17H22N2O4S2/c1-3-4-14-19(2)25(22,23)17-12-10-15(11-13-17)18-24(20,21)16-8-6-5-7-9-16/h5-13,18H,3-4,14H2,1-2H3. The molecule has 25 heavy (non-hydrogen) atoms. The van der Waals surface area contributed by atoms with E-state index in [0.717, 1.165) is 12.8 Å². The zero-order valence-corrected chi connectivity index (χ0v) is 15.8. The molecule has 136 valence electrons. The molecule has 0 atom stereocenters. The summed E-state index contributed by atoms with van der Waals surface area (Å²) < 4.78 is 53.2. The Kier molecular flexibility index (Phi) is 6.21. The van der Waals surface area contributed by atoms with Crippen molar-refractivity contribution >= 4 is 25.7 Å². The maximum Gasteiger partial charge on any atom is 0.261 e. The van der Waals surface area contributed by atoms with Gasteiger partial charge in [0.25, 0.3) is 10.0 Å². The third-order valence-corrected chi connectivity index (χ3v) is 6.96. The number of sulfonamides is 2. The van der Waals surface area contributed by atoms with Crippen LogP contribution in [0.1, 0.15) is 19.8 Å². The minimum Gasteiger partial charge on any atom is -0.280 e. The lowest BCUT2D eigenvalue weighted by atomic mass is 10.3. The molecule has 6 nitrogen and oxygen atoms in total. The number of benzene rings is 2. The fourth-order valence-electron chi connectivity index (χ4n) is 2.19. The fraction of sp³-hybridized carbons (Fsp3) is 0.294. The second-order valence-electron chi connectivity index (χ2n) is 5.62. The minimum atomic E-state index is -3.70. The number of anilines is 1. The van der Waals surface area contributed by atoms with E-state index in [2.05, 4.69) is 4.72 Å². The summed E-state index contributed by atoms with van der Waals surface area (Å²) in [4.78, 5) is 0.278. The maximum atomic E-state index is 12.4. The van der Waals surface area contributed by atoms with Crippen molar-refractivity contribution in [2.45, 2.75) is 29.6 Å². The Morgan fingerprint density at radius 2 is 1.48 bits per heavy atom. The lowest BCUT2D eigenvalue weighted by Gasteiger charge is -2.17. The second-order valence-corrected chi connectivity index (χ2v) is 9.35. The molecule has 0 saturated heterocycles. The molecule has 2 aromatic rings. The van der Waals surface area contributed by atoms with Gasteiger partial charge in [0.1, 0.15) is 0 Å². The van der Waals surface area contributed by atoms with Crippen molar-refractivity contribution in [3.8, 4) is 0 Å². The van der Waals surface area contributed by atoms with Crippen LogP contribution >= 0.6 is 0 Å². The van der Waals surface area contributed by atoms with Crippen LogP contribution in [0.5, 0.6) is 0 Å². The van der Waals surface area contributed by atoms with Gasteiger partial charge in [0.15, 0.2) is 0 Å². The Morgan fingerprint density at radius 1 is 0.880 bits per heavy atom. The highest BCUT2D eigenvalue weighted by Crippen LogP contribution is 2.20. The number of nitrogens with one attached hydrogen (secondary N) is 1. The van der Waals surface area contributed by atoms with Crippen LogP contribution in [0.25, 0.3) is 0 Å². The Bertz CT molecular complexity index is 893. The summed E-state index contributed by atoms with van der Waals surface area (Å²) in [5, 5.41) is 0. The average Bonchev–Trinajstić information content (AvgIpc) is 2.60. The van der Waals surface area contributed by atoms with Crippen molar-refractivity contribution < 1.29 is 16.8 Å². The molecule has 0 unspecified atom stereocenters. The van der Waals surface area contributed by atoms with Gasteiger partial charge in [-0.25, -0.2) is 21.1 Å². The molecule has 0 aliphatic carbocycles. The predicted octanol–water partition coefficient (Wildman–Crippen LogP) is 2.91. The normalized spacial score (nSPS) is 12.3. The lowest BCUT2D eigenvalue weighted by molar-refractivity contribution is 0.459. The van der Waals surface area contributed by atoms with Crippen LogP contribution in [0.4, 0.5) is 5.69 Å². The van der Waals surface area contributed by atoms with Gasteiger partial charge in [-0.15, -0.1) is 0 Å². The molecule has 0 amide bonds. The van der Waals surface area contributed by atoms with Gasteiger partial charge in [0.2, 0.25) is 10.0 Å². The highest BCUT2D eigenvalue weighted by atomic mass is 32.2. The summed E-state index contributed by atoms with van der Waals surface area (Å²) in [6, 6.07) is 13.7. The topological polar surface area (TPSA) is 83.6 Å². The predicted molar refractivity (Wildman–Crippen MR) is 98.4 cm³/mol. The molecule has 0 spiro atoms. The molecule has 0 aliphatic rings. The monoisotopic (exact) mass is 382 g/mol. The molecular formula is C17H22N2O4S2. The van der Waals surface area contributed by atoms with E-state index in [0.29, 0.717) is 12.2 Å². The molecule has 0 bridgehead atoms. The summed E-state index contributed by atoms with van der Waals surface area (Å²) >= 11 is 0. The van der Waals surface area contributed by atoms with Gasteiger partial charge in [-0.2, -0.15) is 0 Å². The maximum absolute atomic E-state index is 12.4. The third kappa shape index (κ3) is 4.81. The van der Waals surface area contributed by atoms with Gasteiger partial charge in [-0.05, 0) is 42.8 Å². The van der Waals surface area contributed by atoms with Crippen LogP contribution < -0.4 is 4.72 Å². The third-order valence-electron chi connectivity index (χ3n) is 3.69. The molecule has 1 N–H and O–H groups in total. The zero-order chi connectivity index (χ0) is 18.5. The summed E-state index contributed by atoms with van der Waals surface area (Å²) in [6.45, 7) is 2.44. The minimum absolute atomic E-state index is 0.133. The van der Waals surface area contributed by atoms with E-state index >= 15 is 0 Å². The van der Waals surface area contributed by atoms with Gasteiger partial charge in [0.05, 0.1) is 9.79 Å². The first-order valence-electron chi connectivity index (χ1n) is 7.91. The summed E-state index contributed by atoms with van der Waals surface area (Å²) in [6.07, 6.45) is 1.69. The quantitative estimate of drug-likeness (QED) is 0.761. The van der Waals surface area contributed by atoms with Crippen molar-refractivity contribution in [3.05, 3.63) is 54.6 Å². The Hall–Kier alpha value is -1.90. The van der Waals surface area contributed by atoms with E-state index in [9.17, 15) is 16.8 Å². The molecule has 2 rings (SSSR count). The van der Waals surface area contributed by atoms with E-state index in [4.69, 9.17) is 0 Å². The van der Waals surface area contributed by atoms with Gasteiger partial charge in [-0.1, -0.05) is 31.5 Å². The van der Waals surface area contributed by atoms with Crippen LogP contribution in [0.3, 0.4) is 0 Å². The van der Waals surface area contributed by atoms with Gasteiger partial charge in [-0.3, -0.25) is 4.72 Å². The number of hydrogen-bond acceptors (Lipinski definition) is 4. The first-order chi connectivity index (χ1) is 11.8. The van der Waals surface area contributed by atoms with Crippen molar-refractivity contribution in [3.63, 3.8) is 0 Å². The van der Waals surface area contributed by atoms with Crippen molar-refractivity contribution in [2.75, 3.05) is 18.3 Å². The van der Waals surface area contributed by atoms with Crippen LogP contribution in [0.2, 0.25) is 0 Å². The van der Waals surface area contributed by atoms with Gasteiger partial charge < -0.3 is 0 Å². The molecule has 0 aromatic heterocycles. The van der Waals surface area contributed by atoms with Gasteiger partial charge in [0, 0.05) is 19.3 Å². The first-order valence-corrected chi connectivity index (χ1v) is 10.8. The summed E-state index contributed by atoms with van der Waals surface area (Å²) in [5.41, 5.74) is 0.305. The number of hydrogen-bond donors (Lipinski definition) is 1. The van der Waals surface area contributed by atoms with Crippen LogP contribution in [-0.2, 0) is 20.0 Å². The molecule has 2 aromatic carbocycles. The second kappa shape index (κ2) is 7.99. The fourth-order valence-corrected chi connectivity index (χ4v) is 4.48. The zero-order valence-electron chi connectivity index (χ0n) is 14.2. The molecule has 0 heterocycles. The molecule has 0 fully saturated rings. The highest BCUT2D eigenvalue weighted by molar-refractivity contribution is 7.92. The summed E-state index contributed by atoms with van der Waals surface area (Å²) in [5.74, 6) is 0.